The minimum Gasteiger partial charge on any atom is -0.362 e. The Morgan fingerprint density at radius 3 is 2.56 bits per heavy atom. The van der Waals surface area contributed by atoms with Gasteiger partial charge in [0.15, 0.2) is 0 Å². The largest absolute Gasteiger partial charge is 0.362 e. The Morgan fingerprint density at radius 1 is 1.09 bits per heavy atom. The molecular formula is C29H29ClN8O2S3. The molecule has 0 amide bonds. The van der Waals surface area contributed by atoms with Crippen LogP contribution in [0.4, 0.5) is 10.9 Å². The maximum Gasteiger partial charge on any atom is 0.263 e. The molecule has 0 aliphatic carbocycles. The topological polar surface area (TPSA) is 120 Å². The summed E-state index contributed by atoms with van der Waals surface area (Å²) in [6, 6.07) is 12.9. The van der Waals surface area contributed by atoms with E-state index in [4.69, 9.17) is 23.8 Å². The molecule has 43 heavy (non-hydrogen) atoms. The standard InChI is InChI=1S/C29H29ClN8O2S3/c1-3-24-34-35-29(42-24)36-43(39,40)21-8-5-19(6-9-21)14-25(41)37-10-12-38(13-11-37)28-26-22(16-31-27(26)32-17-33-28)20-7-4-18(2)23(30)15-20/h4-9,15-17H,3,10-14H2,1-2H3,(H,35,36)(H,31,32,33). The van der Waals surface area contributed by atoms with Crippen LogP contribution in [0.15, 0.2) is 59.9 Å². The predicted octanol–water partition coefficient (Wildman–Crippen LogP) is 5.49. The number of benzene rings is 2. The van der Waals surface area contributed by atoms with E-state index < -0.39 is 10.0 Å². The SMILES string of the molecule is CCc1nnc(NS(=O)(=O)c2ccc(CC(=S)N3CCN(c4ncnc5[nH]cc(-c6ccc(C)c(Cl)c6)c45)CC3)cc2)s1. The Balaban J connectivity index is 1.10. The molecule has 0 saturated carbocycles. The number of anilines is 2. The number of hydrogen-bond donors (Lipinski definition) is 2. The fourth-order valence-electron chi connectivity index (χ4n) is 5.03. The van der Waals surface area contributed by atoms with Crippen molar-refractivity contribution in [2.24, 2.45) is 0 Å². The molecule has 6 rings (SSSR count). The Hall–Kier alpha value is -3.65. The van der Waals surface area contributed by atoms with Crippen molar-refractivity contribution in [1.82, 2.24) is 30.0 Å². The van der Waals surface area contributed by atoms with Gasteiger partial charge in [-0.2, -0.15) is 0 Å². The van der Waals surface area contributed by atoms with Crippen LogP contribution < -0.4 is 9.62 Å². The van der Waals surface area contributed by atoms with Gasteiger partial charge >= 0.3 is 0 Å². The maximum absolute atomic E-state index is 12.8. The lowest BCUT2D eigenvalue weighted by Gasteiger charge is -2.37. The molecule has 222 valence electrons. The average Bonchev–Trinajstić information content (AvgIpc) is 3.65. The molecule has 1 aliphatic rings. The zero-order valence-electron chi connectivity index (χ0n) is 23.5. The quantitative estimate of drug-likeness (QED) is 0.210. The van der Waals surface area contributed by atoms with E-state index in [1.54, 1.807) is 30.6 Å². The fourth-order valence-corrected chi connectivity index (χ4v) is 7.47. The highest BCUT2D eigenvalue weighted by Gasteiger charge is 2.24. The van der Waals surface area contributed by atoms with Crippen molar-refractivity contribution < 1.29 is 8.42 Å². The number of H-pyrrole nitrogens is 1. The number of halogens is 1. The van der Waals surface area contributed by atoms with Crippen molar-refractivity contribution in [1.29, 1.82) is 0 Å². The maximum atomic E-state index is 12.8. The third kappa shape index (κ3) is 6.21. The normalized spacial score (nSPS) is 13.9. The van der Waals surface area contributed by atoms with Gasteiger partial charge in [-0.15, -0.1) is 10.2 Å². The summed E-state index contributed by atoms with van der Waals surface area (Å²) in [5.41, 5.74) is 4.78. The number of hydrogen-bond acceptors (Lipinski definition) is 9. The number of sulfonamides is 1. The number of aromatic amines is 1. The summed E-state index contributed by atoms with van der Waals surface area (Å²) in [6.07, 6.45) is 4.80. The number of aromatic nitrogens is 5. The lowest BCUT2D eigenvalue weighted by Crippen LogP contribution is -2.49. The average molecular weight is 653 g/mol. The van der Waals surface area contributed by atoms with Crippen LogP contribution in [0.3, 0.4) is 0 Å². The van der Waals surface area contributed by atoms with Crippen LogP contribution in [0.25, 0.3) is 22.2 Å². The Kier molecular flexibility index (Phi) is 8.32. The smallest absolute Gasteiger partial charge is 0.263 e. The molecule has 5 aromatic rings. The zero-order valence-corrected chi connectivity index (χ0v) is 26.7. The van der Waals surface area contributed by atoms with Crippen molar-refractivity contribution in [2.45, 2.75) is 31.6 Å². The molecule has 4 heterocycles. The first-order chi connectivity index (χ1) is 20.7. The second-order valence-electron chi connectivity index (χ2n) is 10.2. The number of rotatable bonds is 8. The minimum absolute atomic E-state index is 0.164. The molecule has 1 aliphatic heterocycles. The Labute approximate surface area is 264 Å². The third-order valence-corrected chi connectivity index (χ3v) is 10.7. The summed E-state index contributed by atoms with van der Waals surface area (Å²) < 4.78 is 28.1. The van der Waals surface area contributed by atoms with Crippen molar-refractivity contribution in [2.75, 3.05) is 35.8 Å². The van der Waals surface area contributed by atoms with Gasteiger partial charge in [-0.05, 0) is 48.2 Å². The molecule has 10 nitrogen and oxygen atoms in total. The van der Waals surface area contributed by atoms with Gasteiger partial charge in [-0.25, -0.2) is 18.4 Å². The first-order valence-corrected chi connectivity index (χ1v) is 16.9. The van der Waals surface area contributed by atoms with E-state index in [2.05, 4.69) is 45.7 Å². The van der Waals surface area contributed by atoms with Crippen LogP contribution in [0.1, 0.15) is 23.1 Å². The van der Waals surface area contributed by atoms with Crippen molar-refractivity contribution in [3.63, 3.8) is 0 Å². The van der Waals surface area contributed by atoms with Gasteiger partial charge in [0, 0.05) is 49.4 Å². The monoisotopic (exact) mass is 652 g/mol. The number of nitrogens with zero attached hydrogens (tertiary/aromatic N) is 6. The summed E-state index contributed by atoms with van der Waals surface area (Å²) in [6.45, 7) is 6.93. The molecule has 0 atom stereocenters. The van der Waals surface area contributed by atoms with E-state index in [1.807, 2.05) is 32.2 Å². The summed E-state index contributed by atoms with van der Waals surface area (Å²) in [5.74, 6) is 0.883. The van der Waals surface area contributed by atoms with Crippen LogP contribution in [-0.2, 0) is 22.9 Å². The lowest BCUT2D eigenvalue weighted by molar-refractivity contribution is 0.386. The summed E-state index contributed by atoms with van der Waals surface area (Å²) in [5, 5.41) is 10.6. The van der Waals surface area contributed by atoms with E-state index in [-0.39, 0.29) is 10.0 Å². The Morgan fingerprint density at radius 2 is 1.86 bits per heavy atom. The predicted molar refractivity (Wildman–Crippen MR) is 176 cm³/mol. The molecule has 14 heteroatoms. The summed E-state index contributed by atoms with van der Waals surface area (Å²) in [7, 11) is -3.75. The van der Waals surface area contributed by atoms with E-state index in [9.17, 15) is 8.42 Å². The number of fused-ring (bicyclic) bond motifs is 1. The number of nitrogens with one attached hydrogen (secondary N) is 2. The van der Waals surface area contributed by atoms with Gasteiger partial charge in [0.05, 0.1) is 15.3 Å². The lowest BCUT2D eigenvalue weighted by atomic mass is 10.0. The van der Waals surface area contributed by atoms with Gasteiger partial charge in [0.1, 0.15) is 22.8 Å². The van der Waals surface area contributed by atoms with E-state index >= 15 is 0 Å². The summed E-state index contributed by atoms with van der Waals surface area (Å²) >= 11 is 13.5. The molecule has 3 aromatic heterocycles. The van der Waals surface area contributed by atoms with Crippen LogP contribution in [0, 0.1) is 6.92 Å². The first kappa shape index (κ1) is 29.4. The van der Waals surface area contributed by atoms with Crippen molar-refractivity contribution in [3.05, 3.63) is 76.1 Å². The van der Waals surface area contributed by atoms with Crippen LogP contribution in [0.5, 0.6) is 0 Å². The van der Waals surface area contributed by atoms with Crippen molar-refractivity contribution >= 4 is 72.2 Å². The number of piperazine rings is 1. The van der Waals surface area contributed by atoms with Gasteiger partial charge in [0.25, 0.3) is 10.0 Å². The van der Waals surface area contributed by atoms with E-state index in [0.717, 1.165) is 80.3 Å². The highest BCUT2D eigenvalue weighted by atomic mass is 35.5. The van der Waals surface area contributed by atoms with E-state index in [0.29, 0.717) is 12.8 Å². The molecular weight excluding hydrogens is 624 g/mol. The zero-order chi connectivity index (χ0) is 30.1. The highest BCUT2D eigenvalue weighted by Crippen LogP contribution is 2.35. The second-order valence-corrected chi connectivity index (χ2v) is 13.9. The van der Waals surface area contributed by atoms with Gasteiger partial charge in [-0.1, -0.05) is 66.3 Å². The Bertz CT molecular complexity index is 1900. The second kappa shape index (κ2) is 12.2. The molecule has 0 radical (unpaired) electrons. The summed E-state index contributed by atoms with van der Waals surface area (Å²) in [4.78, 5) is 17.9. The molecule has 0 bridgehead atoms. The molecule has 0 unspecified atom stereocenters. The molecule has 0 spiro atoms. The molecule has 1 saturated heterocycles. The first-order valence-electron chi connectivity index (χ1n) is 13.8. The fraction of sp³-hybridized carbons (Fsp3) is 0.276. The van der Waals surface area contributed by atoms with Crippen molar-refractivity contribution in [3.8, 4) is 11.1 Å². The highest BCUT2D eigenvalue weighted by molar-refractivity contribution is 7.93. The van der Waals surface area contributed by atoms with E-state index in [1.165, 1.54) is 11.3 Å². The third-order valence-electron chi connectivity index (χ3n) is 7.44. The molecule has 2 N–H and O–H groups in total. The number of thiocarbonyl (C=S) groups is 1. The van der Waals surface area contributed by atoms with Crippen LogP contribution in [0.2, 0.25) is 5.02 Å². The molecule has 1 fully saturated rings. The van der Waals surface area contributed by atoms with Gasteiger partial charge in [0.2, 0.25) is 5.13 Å². The van der Waals surface area contributed by atoms with Crippen LogP contribution in [-0.4, -0.2) is 69.6 Å². The number of aryl methyl sites for hydroxylation is 2. The molecule has 2 aromatic carbocycles. The van der Waals surface area contributed by atoms with Gasteiger partial charge in [-0.3, -0.25) is 4.72 Å². The minimum atomic E-state index is -3.75. The van der Waals surface area contributed by atoms with Gasteiger partial charge < -0.3 is 14.8 Å². The van der Waals surface area contributed by atoms with Crippen LogP contribution >= 0.6 is 35.2 Å².